The molecule has 1 saturated carbocycles. The molecule has 3 aliphatic rings. The highest BCUT2D eigenvalue weighted by molar-refractivity contribution is 7.12. The monoisotopic (exact) mass is 405 g/mol. The summed E-state index contributed by atoms with van der Waals surface area (Å²) >= 11 is 1.44. The molecule has 154 valence electrons. The van der Waals surface area contributed by atoms with Crippen molar-refractivity contribution in [1.82, 2.24) is 15.1 Å². The first-order chi connectivity index (χ1) is 13.7. The minimum atomic E-state index is -0.333. The molecule has 3 heterocycles. The van der Waals surface area contributed by atoms with Gasteiger partial charge in [-0.1, -0.05) is 25.3 Å². The maximum absolute atomic E-state index is 13.1. The summed E-state index contributed by atoms with van der Waals surface area (Å²) in [7, 11) is 0. The number of nitrogens with zero attached hydrogens (tertiary/aromatic N) is 2. The highest BCUT2D eigenvalue weighted by Crippen LogP contribution is 2.34. The van der Waals surface area contributed by atoms with Crippen LogP contribution in [0.25, 0.3) is 0 Å². The number of rotatable bonds is 5. The van der Waals surface area contributed by atoms with E-state index in [1.54, 1.807) is 4.90 Å². The van der Waals surface area contributed by atoms with E-state index in [1.807, 2.05) is 17.5 Å². The smallest absolute Gasteiger partial charge is 0.264 e. The number of ether oxygens (including phenoxy) is 1. The molecule has 7 heteroatoms. The minimum absolute atomic E-state index is 0.00629. The molecule has 28 heavy (non-hydrogen) atoms. The van der Waals surface area contributed by atoms with Crippen LogP contribution in [0.2, 0.25) is 0 Å². The number of hydrogen-bond donors (Lipinski definition) is 1. The summed E-state index contributed by atoms with van der Waals surface area (Å²) in [5, 5.41) is 5.16. The molecule has 0 aromatic carbocycles. The van der Waals surface area contributed by atoms with Crippen molar-refractivity contribution in [2.45, 2.75) is 56.5 Å². The number of morpholine rings is 1. The van der Waals surface area contributed by atoms with Gasteiger partial charge < -0.3 is 15.0 Å². The van der Waals surface area contributed by atoms with Crippen molar-refractivity contribution >= 4 is 23.2 Å². The van der Waals surface area contributed by atoms with Gasteiger partial charge in [-0.2, -0.15) is 0 Å². The SMILES string of the molecule is O=C(NCC1(N2CCOCC2)CCCCC1)C1CCCN1C(=O)c1cccs1. The van der Waals surface area contributed by atoms with Gasteiger partial charge in [-0.3, -0.25) is 14.5 Å². The van der Waals surface area contributed by atoms with Crippen molar-refractivity contribution in [3.63, 3.8) is 0 Å². The molecule has 2 amide bonds. The van der Waals surface area contributed by atoms with Crippen LogP contribution in [0.15, 0.2) is 17.5 Å². The standard InChI is InChI=1S/C21H31N3O3S/c25-19(17-6-4-10-24(17)20(26)18-7-5-15-28-18)22-16-21(8-2-1-3-9-21)23-11-13-27-14-12-23/h5,7,15,17H,1-4,6,8-14,16H2,(H,22,25). The van der Waals surface area contributed by atoms with Crippen LogP contribution in [0.4, 0.5) is 0 Å². The number of nitrogens with one attached hydrogen (secondary N) is 1. The molecule has 0 spiro atoms. The highest BCUT2D eigenvalue weighted by Gasteiger charge is 2.40. The molecule has 6 nitrogen and oxygen atoms in total. The van der Waals surface area contributed by atoms with Crippen LogP contribution in [0.3, 0.4) is 0 Å². The Labute approximate surface area is 171 Å². The summed E-state index contributed by atoms with van der Waals surface area (Å²) in [6.07, 6.45) is 7.65. The van der Waals surface area contributed by atoms with Gasteiger partial charge in [0.15, 0.2) is 0 Å². The zero-order valence-corrected chi connectivity index (χ0v) is 17.3. The van der Waals surface area contributed by atoms with E-state index >= 15 is 0 Å². The Hall–Kier alpha value is -1.44. The Morgan fingerprint density at radius 2 is 1.93 bits per heavy atom. The second-order valence-electron chi connectivity index (χ2n) is 8.24. The number of amides is 2. The zero-order valence-electron chi connectivity index (χ0n) is 16.5. The first kappa shape index (κ1) is 19.9. The summed E-state index contributed by atoms with van der Waals surface area (Å²) < 4.78 is 5.55. The van der Waals surface area contributed by atoms with Crippen LogP contribution in [0.5, 0.6) is 0 Å². The Morgan fingerprint density at radius 1 is 1.14 bits per heavy atom. The number of likely N-dealkylation sites (tertiary alicyclic amines) is 1. The molecule has 1 aromatic rings. The van der Waals surface area contributed by atoms with Gasteiger partial charge in [0, 0.05) is 31.7 Å². The Kier molecular flexibility index (Phi) is 6.33. The van der Waals surface area contributed by atoms with Crippen molar-refractivity contribution < 1.29 is 14.3 Å². The van der Waals surface area contributed by atoms with E-state index < -0.39 is 0 Å². The fourth-order valence-electron chi connectivity index (χ4n) is 5.05. The molecule has 1 N–H and O–H groups in total. The van der Waals surface area contributed by atoms with Crippen LogP contribution < -0.4 is 5.32 Å². The van der Waals surface area contributed by atoms with E-state index in [4.69, 9.17) is 4.74 Å². The lowest BCUT2D eigenvalue weighted by Gasteiger charge is -2.48. The first-order valence-corrected chi connectivity index (χ1v) is 11.5. The van der Waals surface area contributed by atoms with Gasteiger partial charge in [0.25, 0.3) is 5.91 Å². The van der Waals surface area contributed by atoms with Crippen molar-refractivity contribution in [3.8, 4) is 0 Å². The van der Waals surface area contributed by atoms with Crippen LogP contribution in [-0.2, 0) is 9.53 Å². The quantitative estimate of drug-likeness (QED) is 0.818. The molecule has 0 radical (unpaired) electrons. The second kappa shape index (κ2) is 8.93. The largest absolute Gasteiger partial charge is 0.379 e. The van der Waals surface area contributed by atoms with Crippen LogP contribution in [-0.4, -0.2) is 72.6 Å². The van der Waals surface area contributed by atoms with Gasteiger partial charge in [-0.05, 0) is 37.1 Å². The normalized spacial score (nSPS) is 25.6. The van der Waals surface area contributed by atoms with Gasteiger partial charge in [0.1, 0.15) is 6.04 Å². The van der Waals surface area contributed by atoms with Gasteiger partial charge in [-0.25, -0.2) is 0 Å². The van der Waals surface area contributed by atoms with Crippen molar-refractivity contribution in [3.05, 3.63) is 22.4 Å². The lowest BCUT2D eigenvalue weighted by molar-refractivity contribution is -0.126. The lowest BCUT2D eigenvalue weighted by atomic mass is 9.79. The topological polar surface area (TPSA) is 61.9 Å². The molecule has 2 saturated heterocycles. The fraction of sp³-hybridized carbons (Fsp3) is 0.714. The first-order valence-electron chi connectivity index (χ1n) is 10.6. The Balaban J connectivity index is 1.40. The van der Waals surface area contributed by atoms with E-state index in [-0.39, 0.29) is 23.4 Å². The minimum Gasteiger partial charge on any atom is -0.379 e. The van der Waals surface area contributed by atoms with E-state index in [0.717, 1.165) is 56.9 Å². The third-order valence-corrected chi connectivity index (χ3v) is 7.46. The van der Waals surface area contributed by atoms with Gasteiger partial charge >= 0.3 is 0 Å². The Morgan fingerprint density at radius 3 is 2.64 bits per heavy atom. The summed E-state index contributed by atoms with van der Waals surface area (Å²) in [6.45, 7) is 4.81. The van der Waals surface area contributed by atoms with Crippen molar-refractivity contribution in [2.75, 3.05) is 39.4 Å². The van der Waals surface area contributed by atoms with Crippen LogP contribution in [0.1, 0.15) is 54.6 Å². The maximum atomic E-state index is 13.1. The van der Waals surface area contributed by atoms with E-state index in [1.165, 1.54) is 30.6 Å². The number of carbonyl (C=O) groups excluding carboxylic acids is 2. The van der Waals surface area contributed by atoms with Gasteiger partial charge in [-0.15, -0.1) is 11.3 Å². The number of carbonyl (C=O) groups is 2. The number of thiophene rings is 1. The summed E-state index contributed by atoms with van der Waals surface area (Å²) in [5.74, 6) is 0.00817. The predicted molar refractivity (Wildman–Crippen MR) is 110 cm³/mol. The predicted octanol–water partition coefficient (Wildman–Crippen LogP) is 2.50. The summed E-state index contributed by atoms with van der Waals surface area (Å²) in [5.41, 5.74) is 0.0544. The highest BCUT2D eigenvalue weighted by atomic mass is 32.1. The molecule has 1 atom stereocenters. The average Bonchev–Trinajstić information content (AvgIpc) is 3.45. The average molecular weight is 406 g/mol. The molecular formula is C21H31N3O3S. The third-order valence-electron chi connectivity index (χ3n) is 6.61. The number of hydrogen-bond acceptors (Lipinski definition) is 5. The van der Waals surface area contributed by atoms with Crippen LogP contribution in [0, 0.1) is 0 Å². The van der Waals surface area contributed by atoms with E-state index in [0.29, 0.717) is 13.1 Å². The summed E-state index contributed by atoms with van der Waals surface area (Å²) in [6, 6.07) is 3.40. The van der Waals surface area contributed by atoms with E-state index in [2.05, 4.69) is 10.2 Å². The summed E-state index contributed by atoms with van der Waals surface area (Å²) in [4.78, 5) is 30.9. The fourth-order valence-corrected chi connectivity index (χ4v) is 5.72. The molecule has 0 bridgehead atoms. The lowest BCUT2D eigenvalue weighted by Crippen LogP contribution is -2.60. The molecule has 2 aliphatic heterocycles. The van der Waals surface area contributed by atoms with Crippen molar-refractivity contribution in [1.29, 1.82) is 0 Å². The Bertz CT molecular complexity index is 666. The zero-order chi connectivity index (χ0) is 19.4. The third kappa shape index (κ3) is 4.11. The van der Waals surface area contributed by atoms with Crippen molar-refractivity contribution in [2.24, 2.45) is 0 Å². The maximum Gasteiger partial charge on any atom is 0.264 e. The molecule has 4 rings (SSSR count). The molecule has 1 unspecified atom stereocenters. The van der Waals surface area contributed by atoms with E-state index in [9.17, 15) is 9.59 Å². The molecule has 1 aliphatic carbocycles. The van der Waals surface area contributed by atoms with Gasteiger partial charge in [0.2, 0.25) is 5.91 Å². The van der Waals surface area contributed by atoms with Gasteiger partial charge in [0.05, 0.1) is 18.1 Å². The van der Waals surface area contributed by atoms with Crippen LogP contribution >= 0.6 is 11.3 Å². The second-order valence-corrected chi connectivity index (χ2v) is 9.18. The molecule has 3 fully saturated rings. The molecule has 1 aromatic heterocycles. The molecular weight excluding hydrogens is 374 g/mol.